The van der Waals surface area contributed by atoms with E-state index in [0.717, 1.165) is 22.3 Å². The summed E-state index contributed by atoms with van der Waals surface area (Å²) in [5.74, 6) is -1.41. The van der Waals surface area contributed by atoms with E-state index >= 15 is 0 Å². The van der Waals surface area contributed by atoms with Crippen LogP contribution in [0.4, 0.5) is 11.4 Å². The summed E-state index contributed by atoms with van der Waals surface area (Å²) in [6, 6.07) is 14.6. The molecule has 2 N–H and O–H groups in total. The predicted octanol–water partition coefficient (Wildman–Crippen LogP) is 4.47. The number of carbonyl (C=O) groups is 1. The molecule has 6 nitrogen and oxygen atoms in total. The second kappa shape index (κ2) is 7.90. The molecule has 0 saturated carbocycles. The number of benzene rings is 3. The minimum Gasteiger partial charge on any atom is -0.506 e. The molecular formula is C19H16ClNO5S2. The van der Waals surface area contributed by atoms with Gasteiger partial charge in [0.25, 0.3) is 0 Å². The molecule has 0 radical (unpaired) electrons. The lowest BCUT2D eigenvalue weighted by atomic mass is 10.1. The molecule has 3 aromatic rings. The van der Waals surface area contributed by atoms with Crippen molar-refractivity contribution in [3.63, 3.8) is 0 Å². The first kappa shape index (κ1) is 20.3. The van der Waals surface area contributed by atoms with Gasteiger partial charge in [0.15, 0.2) is 0 Å². The van der Waals surface area contributed by atoms with Gasteiger partial charge in [-0.15, -0.1) is 11.8 Å². The van der Waals surface area contributed by atoms with E-state index in [2.05, 4.69) is 0 Å². The van der Waals surface area contributed by atoms with E-state index in [9.17, 15) is 18.3 Å². The number of phenols is 1. The smallest absolute Gasteiger partial charge is 0.313 e. The fourth-order valence-corrected chi connectivity index (χ4v) is 4.68. The van der Waals surface area contributed by atoms with Crippen LogP contribution in [0, 0.1) is 0 Å². The van der Waals surface area contributed by atoms with Gasteiger partial charge >= 0.3 is 5.97 Å². The van der Waals surface area contributed by atoms with Gasteiger partial charge in [-0.05, 0) is 30.3 Å². The number of fused-ring (bicyclic) bond motifs is 1. The van der Waals surface area contributed by atoms with Crippen LogP contribution in [0.15, 0.2) is 59.5 Å². The zero-order chi connectivity index (χ0) is 20.5. The Hall–Kier alpha value is -2.42. The summed E-state index contributed by atoms with van der Waals surface area (Å²) in [7, 11) is -3.75. The van der Waals surface area contributed by atoms with Crippen LogP contribution in [0.2, 0.25) is 5.02 Å². The normalized spacial score (nSPS) is 11.5. The maximum atomic E-state index is 12.7. The van der Waals surface area contributed by atoms with Crippen molar-refractivity contribution in [3.8, 4) is 5.75 Å². The average Bonchev–Trinajstić information content (AvgIpc) is 2.63. The summed E-state index contributed by atoms with van der Waals surface area (Å²) >= 11 is 6.85. The molecule has 0 bridgehead atoms. The monoisotopic (exact) mass is 437 g/mol. The molecule has 0 saturated heterocycles. The van der Waals surface area contributed by atoms with Crippen molar-refractivity contribution in [3.05, 3.63) is 59.6 Å². The molecule has 0 heterocycles. The van der Waals surface area contributed by atoms with Crippen molar-refractivity contribution >= 4 is 61.5 Å². The van der Waals surface area contributed by atoms with Gasteiger partial charge in [0.05, 0.1) is 28.3 Å². The Bertz CT molecular complexity index is 1150. The van der Waals surface area contributed by atoms with Crippen molar-refractivity contribution in [2.75, 3.05) is 16.3 Å². The van der Waals surface area contributed by atoms with E-state index in [1.807, 2.05) is 0 Å². The number of aromatic hydroxyl groups is 1. The maximum absolute atomic E-state index is 12.7. The molecule has 0 fully saturated rings. The highest BCUT2D eigenvalue weighted by Crippen LogP contribution is 2.43. The van der Waals surface area contributed by atoms with Crippen molar-refractivity contribution < 1.29 is 23.4 Å². The molecular weight excluding hydrogens is 422 g/mol. The quantitative estimate of drug-likeness (QED) is 0.552. The van der Waals surface area contributed by atoms with Crippen LogP contribution in [-0.4, -0.2) is 36.6 Å². The summed E-state index contributed by atoms with van der Waals surface area (Å²) in [5, 5.41) is 21.0. The number of rotatable bonds is 6. The predicted molar refractivity (Wildman–Crippen MR) is 112 cm³/mol. The first-order valence-corrected chi connectivity index (χ1v) is 11.2. The molecule has 0 aliphatic carbocycles. The Kier molecular flexibility index (Phi) is 5.74. The number of aliphatic carboxylic acids is 1. The molecule has 3 rings (SSSR count). The number of thioether (sulfide) groups is 1. The second-order valence-corrected chi connectivity index (χ2v) is 9.26. The average molecular weight is 438 g/mol. The third-order valence-corrected chi connectivity index (χ3v) is 6.26. The molecule has 9 heteroatoms. The molecule has 3 aromatic carbocycles. The lowest BCUT2D eigenvalue weighted by Gasteiger charge is -2.25. The van der Waals surface area contributed by atoms with Crippen LogP contribution >= 0.6 is 23.4 Å². The molecule has 0 unspecified atom stereocenters. The summed E-state index contributed by atoms with van der Waals surface area (Å²) in [6.07, 6.45) is 1.08. The van der Waals surface area contributed by atoms with Gasteiger partial charge in [0.2, 0.25) is 10.0 Å². The molecule has 0 aromatic heterocycles. The number of halogens is 1. The number of sulfonamides is 1. The number of carboxylic acids is 1. The Morgan fingerprint density at radius 3 is 2.29 bits per heavy atom. The summed E-state index contributed by atoms with van der Waals surface area (Å²) < 4.78 is 26.5. The molecule has 0 aliphatic heterocycles. The van der Waals surface area contributed by atoms with E-state index in [0.29, 0.717) is 27.2 Å². The first-order valence-electron chi connectivity index (χ1n) is 8.03. The summed E-state index contributed by atoms with van der Waals surface area (Å²) in [5.41, 5.74) is 0.683. The number of anilines is 2. The molecule has 0 aliphatic rings. The fourth-order valence-electron chi connectivity index (χ4n) is 2.82. The van der Waals surface area contributed by atoms with Gasteiger partial charge in [0.1, 0.15) is 5.75 Å². The SMILES string of the molecule is CS(=O)(=O)N(c1ccc(Cl)cc1)c1cc(SCC(=O)O)c(O)c2ccccc12. The Morgan fingerprint density at radius 1 is 1.11 bits per heavy atom. The largest absolute Gasteiger partial charge is 0.506 e. The van der Waals surface area contributed by atoms with Gasteiger partial charge in [0, 0.05) is 15.8 Å². The van der Waals surface area contributed by atoms with Crippen LogP contribution in [-0.2, 0) is 14.8 Å². The van der Waals surface area contributed by atoms with Crippen LogP contribution in [0.1, 0.15) is 0 Å². The van der Waals surface area contributed by atoms with Crippen LogP contribution in [0.25, 0.3) is 10.8 Å². The molecule has 146 valence electrons. The minimum atomic E-state index is -3.75. The number of nitrogens with zero attached hydrogens (tertiary/aromatic N) is 1. The van der Waals surface area contributed by atoms with Crippen molar-refractivity contribution in [1.82, 2.24) is 0 Å². The van der Waals surface area contributed by atoms with Gasteiger partial charge in [-0.2, -0.15) is 0 Å². The summed E-state index contributed by atoms with van der Waals surface area (Å²) in [4.78, 5) is 11.2. The minimum absolute atomic E-state index is 0.0878. The van der Waals surface area contributed by atoms with Crippen LogP contribution in [0.5, 0.6) is 5.75 Å². The van der Waals surface area contributed by atoms with Crippen molar-refractivity contribution in [1.29, 1.82) is 0 Å². The van der Waals surface area contributed by atoms with E-state index < -0.39 is 16.0 Å². The number of carboxylic acid groups (broad SMARTS) is 1. The van der Waals surface area contributed by atoms with Gasteiger partial charge < -0.3 is 10.2 Å². The summed E-state index contributed by atoms with van der Waals surface area (Å²) in [6.45, 7) is 0. The number of hydrogen-bond donors (Lipinski definition) is 2. The van der Waals surface area contributed by atoms with E-state index in [1.165, 1.54) is 6.07 Å². The first-order chi connectivity index (χ1) is 13.2. The van der Waals surface area contributed by atoms with E-state index in [-0.39, 0.29) is 16.4 Å². The zero-order valence-corrected chi connectivity index (χ0v) is 17.1. The highest BCUT2D eigenvalue weighted by atomic mass is 35.5. The fraction of sp³-hybridized carbons (Fsp3) is 0.105. The van der Waals surface area contributed by atoms with Crippen molar-refractivity contribution in [2.24, 2.45) is 0 Å². The second-order valence-electron chi connectivity index (χ2n) is 5.97. The Labute approximate surface area is 171 Å². The maximum Gasteiger partial charge on any atom is 0.313 e. The third-order valence-electron chi connectivity index (χ3n) is 3.92. The third kappa shape index (κ3) is 4.19. The zero-order valence-electron chi connectivity index (χ0n) is 14.7. The molecule has 0 spiro atoms. The highest BCUT2D eigenvalue weighted by molar-refractivity contribution is 8.00. The Morgan fingerprint density at radius 2 is 1.71 bits per heavy atom. The Balaban J connectivity index is 2.30. The van der Waals surface area contributed by atoms with Gasteiger partial charge in [-0.3, -0.25) is 4.79 Å². The highest BCUT2D eigenvalue weighted by Gasteiger charge is 2.24. The molecule has 0 atom stereocenters. The number of hydrogen-bond acceptors (Lipinski definition) is 5. The lowest BCUT2D eigenvalue weighted by Crippen LogP contribution is -2.25. The van der Waals surface area contributed by atoms with Gasteiger partial charge in [-0.1, -0.05) is 35.9 Å². The standard InChI is InChI=1S/C19H16ClNO5S2/c1-28(25,26)21(13-8-6-12(20)7-9-13)16-10-17(27-11-18(22)23)19(24)15-5-3-2-4-14(15)16/h2-10,24H,11H2,1H3,(H,22,23). The lowest BCUT2D eigenvalue weighted by molar-refractivity contribution is -0.133. The van der Waals surface area contributed by atoms with Crippen LogP contribution in [0.3, 0.4) is 0 Å². The van der Waals surface area contributed by atoms with E-state index in [1.54, 1.807) is 48.5 Å². The van der Waals surface area contributed by atoms with Crippen LogP contribution < -0.4 is 4.31 Å². The van der Waals surface area contributed by atoms with E-state index in [4.69, 9.17) is 16.7 Å². The number of phenolic OH excluding ortho intramolecular Hbond substituents is 1. The van der Waals surface area contributed by atoms with Crippen molar-refractivity contribution in [2.45, 2.75) is 4.90 Å². The molecule has 0 amide bonds. The molecule has 28 heavy (non-hydrogen) atoms. The van der Waals surface area contributed by atoms with Gasteiger partial charge in [-0.25, -0.2) is 12.7 Å². The topological polar surface area (TPSA) is 94.9 Å².